The third kappa shape index (κ3) is 4.49. The molecule has 0 unspecified atom stereocenters. The topological polar surface area (TPSA) is 46.3 Å². The lowest BCUT2D eigenvalue weighted by atomic mass is 10.1. The van der Waals surface area contributed by atoms with Gasteiger partial charge in [-0.25, -0.2) is 0 Å². The van der Waals surface area contributed by atoms with Crippen molar-refractivity contribution in [3.05, 3.63) is 76.4 Å². The number of hydrogen-bond donors (Lipinski definition) is 0. The molecule has 0 atom stereocenters. The smallest absolute Gasteiger partial charge is 0.355 e. The molecule has 0 fully saturated rings. The Hall–Kier alpha value is -2.80. The van der Waals surface area contributed by atoms with Crippen LogP contribution in [0.4, 0.5) is 13.2 Å². The summed E-state index contributed by atoms with van der Waals surface area (Å²) in [5.74, 6) is 0.0109. The van der Waals surface area contributed by atoms with Gasteiger partial charge in [-0.3, -0.25) is 4.79 Å². The third-order valence-corrected chi connectivity index (χ3v) is 4.16. The number of benzene rings is 2. The van der Waals surface area contributed by atoms with E-state index in [9.17, 15) is 18.0 Å². The SMILES string of the molecule is CN(Cc1ccc(C(F)(F)F)cc1)C(=O)c1cc(-c2ccc(Cl)cc2)on1. The van der Waals surface area contributed by atoms with Crippen molar-refractivity contribution in [3.8, 4) is 11.3 Å². The number of amides is 1. The van der Waals surface area contributed by atoms with Gasteiger partial charge in [0.15, 0.2) is 11.5 Å². The Morgan fingerprint density at radius 2 is 1.74 bits per heavy atom. The lowest BCUT2D eigenvalue weighted by molar-refractivity contribution is -0.137. The fraction of sp³-hybridized carbons (Fsp3) is 0.158. The second-order valence-corrected chi connectivity index (χ2v) is 6.38. The average molecular weight is 395 g/mol. The zero-order chi connectivity index (χ0) is 19.6. The summed E-state index contributed by atoms with van der Waals surface area (Å²) in [4.78, 5) is 13.8. The van der Waals surface area contributed by atoms with Gasteiger partial charge in [0.25, 0.3) is 5.91 Å². The summed E-state index contributed by atoms with van der Waals surface area (Å²) in [7, 11) is 1.54. The minimum atomic E-state index is -4.39. The first-order chi connectivity index (χ1) is 12.7. The van der Waals surface area contributed by atoms with Crippen LogP contribution in [0, 0.1) is 0 Å². The van der Waals surface area contributed by atoms with Crippen molar-refractivity contribution in [2.45, 2.75) is 12.7 Å². The van der Waals surface area contributed by atoms with Crippen molar-refractivity contribution in [1.82, 2.24) is 10.1 Å². The lowest BCUT2D eigenvalue weighted by Gasteiger charge is -2.16. The number of alkyl halides is 3. The van der Waals surface area contributed by atoms with Gasteiger partial charge >= 0.3 is 6.18 Å². The molecule has 2 aromatic carbocycles. The average Bonchev–Trinajstić information content (AvgIpc) is 3.11. The molecule has 0 saturated carbocycles. The Labute approximate surface area is 158 Å². The number of aromatic nitrogens is 1. The summed E-state index contributed by atoms with van der Waals surface area (Å²) in [5.41, 5.74) is 0.662. The molecule has 1 aromatic heterocycles. The first-order valence-electron chi connectivity index (χ1n) is 7.88. The van der Waals surface area contributed by atoms with Crippen LogP contribution in [-0.2, 0) is 12.7 Å². The highest BCUT2D eigenvalue weighted by atomic mass is 35.5. The van der Waals surface area contributed by atoms with Gasteiger partial charge in [0.05, 0.1) is 5.56 Å². The molecule has 0 aliphatic rings. The van der Waals surface area contributed by atoms with E-state index in [1.165, 1.54) is 30.1 Å². The van der Waals surface area contributed by atoms with Crippen LogP contribution in [0.1, 0.15) is 21.6 Å². The molecule has 3 aromatic rings. The van der Waals surface area contributed by atoms with E-state index in [2.05, 4.69) is 5.16 Å². The number of nitrogens with zero attached hydrogens (tertiary/aromatic N) is 2. The van der Waals surface area contributed by atoms with E-state index < -0.39 is 17.6 Å². The van der Waals surface area contributed by atoms with E-state index in [4.69, 9.17) is 16.1 Å². The maximum absolute atomic E-state index is 12.6. The number of carbonyl (C=O) groups is 1. The Balaban J connectivity index is 1.69. The maximum atomic E-state index is 12.6. The lowest BCUT2D eigenvalue weighted by Crippen LogP contribution is -2.26. The van der Waals surface area contributed by atoms with Crippen LogP contribution in [0.2, 0.25) is 5.02 Å². The van der Waals surface area contributed by atoms with Gasteiger partial charge in [-0.1, -0.05) is 28.9 Å². The molecule has 0 aliphatic carbocycles. The van der Waals surface area contributed by atoms with Crippen molar-refractivity contribution >= 4 is 17.5 Å². The molecule has 4 nitrogen and oxygen atoms in total. The van der Waals surface area contributed by atoms with Crippen LogP contribution in [0.5, 0.6) is 0 Å². The second kappa shape index (κ2) is 7.44. The second-order valence-electron chi connectivity index (χ2n) is 5.94. The molecule has 140 valence electrons. The van der Waals surface area contributed by atoms with Gasteiger partial charge < -0.3 is 9.42 Å². The minimum absolute atomic E-state index is 0.106. The summed E-state index contributed by atoms with van der Waals surface area (Å²) < 4.78 is 43.0. The predicted octanol–water partition coefficient (Wildman–Crippen LogP) is 5.29. The zero-order valence-electron chi connectivity index (χ0n) is 14.1. The molecule has 0 aliphatic heterocycles. The molecular formula is C19H14ClF3N2O2. The molecule has 1 heterocycles. The maximum Gasteiger partial charge on any atom is 0.416 e. The molecule has 3 rings (SSSR count). The van der Waals surface area contributed by atoms with Gasteiger partial charge in [0.2, 0.25) is 0 Å². The standard InChI is InChI=1S/C19H14ClF3N2O2/c1-25(11-12-2-6-14(7-3-12)19(21,22)23)18(26)16-10-17(27-24-16)13-4-8-15(20)9-5-13/h2-10H,11H2,1H3. The fourth-order valence-corrected chi connectivity index (χ4v) is 2.59. The van der Waals surface area contributed by atoms with Crippen LogP contribution >= 0.6 is 11.6 Å². The van der Waals surface area contributed by atoms with E-state index in [0.717, 1.165) is 17.7 Å². The quantitative estimate of drug-likeness (QED) is 0.604. The Morgan fingerprint density at radius 1 is 1.11 bits per heavy atom. The molecule has 1 amide bonds. The highest BCUT2D eigenvalue weighted by Gasteiger charge is 2.30. The van der Waals surface area contributed by atoms with Gasteiger partial charge in [0.1, 0.15) is 0 Å². The summed E-state index contributed by atoms with van der Waals surface area (Å²) >= 11 is 5.84. The van der Waals surface area contributed by atoms with Gasteiger partial charge in [-0.2, -0.15) is 13.2 Å². The molecule has 8 heteroatoms. The summed E-state index contributed by atoms with van der Waals surface area (Å²) in [6.45, 7) is 0.139. The summed E-state index contributed by atoms with van der Waals surface area (Å²) in [6, 6.07) is 13.0. The minimum Gasteiger partial charge on any atom is -0.355 e. The molecule has 0 saturated heterocycles. The number of carbonyl (C=O) groups excluding carboxylic acids is 1. The van der Waals surface area contributed by atoms with Gasteiger partial charge in [0, 0.05) is 30.2 Å². The predicted molar refractivity (Wildman–Crippen MR) is 94.2 cm³/mol. The molecule has 0 spiro atoms. The van der Waals surface area contributed by atoms with E-state index in [1.54, 1.807) is 24.3 Å². The Morgan fingerprint density at radius 3 is 2.33 bits per heavy atom. The van der Waals surface area contributed by atoms with Crippen molar-refractivity contribution in [2.24, 2.45) is 0 Å². The van der Waals surface area contributed by atoms with E-state index in [-0.39, 0.29) is 12.2 Å². The number of halogens is 4. The first kappa shape index (κ1) is 19.0. The Bertz CT molecular complexity index is 935. The van der Waals surface area contributed by atoms with E-state index >= 15 is 0 Å². The third-order valence-electron chi connectivity index (χ3n) is 3.91. The van der Waals surface area contributed by atoms with Crippen molar-refractivity contribution < 1.29 is 22.5 Å². The van der Waals surface area contributed by atoms with E-state index in [0.29, 0.717) is 16.3 Å². The van der Waals surface area contributed by atoms with Crippen molar-refractivity contribution in [3.63, 3.8) is 0 Å². The highest BCUT2D eigenvalue weighted by Crippen LogP contribution is 2.29. The molecule has 27 heavy (non-hydrogen) atoms. The van der Waals surface area contributed by atoms with Crippen LogP contribution in [0.3, 0.4) is 0 Å². The van der Waals surface area contributed by atoms with E-state index in [1.807, 2.05) is 0 Å². The summed E-state index contributed by atoms with van der Waals surface area (Å²) in [5, 5.41) is 4.35. The zero-order valence-corrected chi connectivity index (χ0v) is 14.9. The molecule has 0 bridgehead atoms. The fourth-order valence-electron chi connectivity index (χ4n) is 2.47. The number of rotatable bonds is 4. The largest absolute Gasteiger partial charge is 0.416 e. The van der Waals surface area contributed by atoms with Gasteiger partial charge in [-0.05, 0) is 42.0 Å². The highest BCUT2D eigenvalue weighted by molar-refractivity contribution is 6.30. The molecular weight excluding hydrogens is 381 g/mol. The van der Waals surface area contributed by atoms with Crippen LogP contribution < -0.4 is 0 Å². The first-order valence-corrected chi connectivity index (χ1v) is 8.26. The van der Waals surface area contributed by atoms with Crippen LogP contribution in [0.25, 0.3) is 11.3 Å². The summed E-state index contributed by atoms with van der Waals surface area (Å²) in [6.07, 6.45) is -4.39. The van der Waals surface area contributed by atoms with Crippen LogP contribution in [0.15, 0.2) is 59.1 Å². The van der Waals surface area contributed by atoms with Gasteiger partial charge in [-0.15, -0.1) is 0 Å². The monoisotopic (exact) mass is 394 g/mol. The van der Waals surface area contributed by atoms with Crippen LogP contribution in [-0.4, -0.2) is 23.0 Å². The van der Waals surface area contributed by atoms with Crippen molar-refractivity contribution in [1.29, 1.82) is 0 Å². The normalized spacial score (nSPS) is 11.4. The Kier molecular flexibility index (Phi) is 5.23. The molecule has 0 radical (unpaired) electrons. The number of hydrogen-bond acceptors (Lipinski definition) is 3. The van der Waals surface area contributed by atoms with Crippen molar-refractivity contribution in [2.75, 3.05) is 7.05 Å². The molecule has 0 N–H and O–H groups in total.